The van der Waals surface area contributed by atoms with Crippen LogP contribution in [0.15, 0.2) is 103 Å². The summed E-state index contributed by atoms with van der Waals surface area (Å²) < 4.78 is 12.6. The number of ketones is 1. The number of carbonyl (C=O) groups excluding carboxylic acids is 2. The van der Waals surface area contributed by atoms with Gasteiger partial charge in [-0.15, -0.1) is 0 Å². The van der Waals surface area contributed by atoms with Crippen molar-refractivity contribution in [1.29, 1.82) is 0 Å². The number of anilines is 1. The molecule has 1 atom stereocenters. The summed E-state index contributed by atoms with van der Waals surface area (Å²) in [6.45, 7) is 2.33. The highest BCUT2D eigenvalue weighted by Crippen LogP contribution is 2.46. The lowest BCUT2D eigenvalue weighted by atomic mass is 9.95. The molecule has 1 aliphatic rings. The molecule has 7 nitrogen and oxygen atoms in total. The summed E-state index contributed by atoms with van der Waals surface area (Å²) in [6, 6.07) is 28.7. The molecule has 2 heterocycles. The molecule has 41 heavy (non-hydrogen) atoms. The van der Waals surface area contributed by atoms with E-state index in [1.807, 2.05) is 61.5 Å². The number of ether oxygens (including phenoxy) is 2. The molecule has 0 aliphatic carbocycles. The topological polar surface area (TPSA) is 89.0 Å². The summed E-state index contributed by atoms with van der Waals surface area (Å²) >= 11 is 1.32. The zero-order valence-corrected chi connectivity index (χ0v) is 23.2. The average Bonchev–Trinajstić information content (AvgIpc) is 3.53. The maximum Gasteiger partial charge on any atom is 0.301 e. The van der Waals surface area contributed by atoms with Gasteiger partial charge in [-0.3, -0.25) is 14.5 Å². The van der Waals surface area contributed by atoms with Crippen molar-refractivity contribution in [2.45, 2.75) is 19.6 Å². The van der Waals surface area contributed by atoms with E-state index in [9.17, 15) is 14.7 Å². The molecule has 1 amide bonds. The molecular weight excluding hydrogens is 536 g/mol. The normalized spacial score (nSPS) is 16.3. The Kier molecular flexibility index (Phi) is 6.99. The van der Waals surface area contributed by atoms with Crippen LogP contribution >= 0.6 is 11.3 Å². The number of thiazole rings is 1. The van der Waals surface area contributed by atoms with Crippen LogP contribution in [-0.2, 0) is 16.2 Å². The summed E-state index contributed by atoms with van der Waals surface area (Å²) in [4.78, 5) is 33.2. The fraction of sp³-hybridized carbons (Fsp3) is 0.121. The van der Waals surface area contributed by atoms with Crippen LogP contribution in [0.1, 0.15) is 28.3 Å². The van der Waals surface area contributed by atoms with E-state index in [2.05, 4.69) is 0 Å². The lowest BCUT2D eigenvalue weighted by Crippen LogP contribution is -2.29. The molecule has 204 valence electrons. The Balaban J connectivity index is 1.47. The third-order valence-electron chi connectivity index (χ3n) is 6.97. The summed E-state index contributed by atoms with van der Waals surface area (Å²) in [5, 5.41) is 11.7. The molecule has 1 N–H and O–H groups in total. The van der Waals surface area contributed by atoms with Crippen molar-refractivity contribution >= 4 is 44.1 Å². The molecule has 0 spiro atoms. The second-order valence-electron chi connectivity index (χ2n) is 9.69. The van der Waals surface area contributed by atoms with Crippen molar-refractivity contribution in [2.75, 3.05) is 12.0 Å². The molecule has 1 aliphatic heterocycles. The van der Waals surface area contributed by atoms with Gasteiger partial charge < -0.3 is 14.6 Å². The first-order valence-corrected chi connectivity index (χ1v) is 13.8. The molecule has 8 heteroatoms. The predicted molar refractivity (Wildman–Crippen MR) is 159 cm³/mol. The number of hydrogen-bond donors (Lipinski definition) is 1. The highest BCUT2D eigenvalue weighted by Gasteiger charge is 2.48. The molecule has 0 saturated carbocycles. The lowest BCUT2D eigenvalue weighted by Gasteiger charge is -2.24. The van der Waals surface area contributed by atoms with E-state index in [0.717, 1.165) is 21.3 Å². The van der Waals surface area contributed by atoms with Gasteiger partial charge in [-0.2, -0.15) is 0 Å². The monoisotopic (exact) mass is 562 g/mol. The zero-order valence-electron chi connectivity index (χ0n) is 22.4. The number of Topliss-reactive ketones (excluding diaryl/α,β-unsaturated/α-hetero) is 1. The first-order chi connectivity index (χ1) is 19.9. The first-order valence-electron chi connectivity index (χ1n) is 13.0. The van der Waals surface area contributed by atoms with Crippen LogP contribution < -0.4 is 14.4 Å². The number of aliphatic hydroxyl groups excluding tert-OH is 1. The first kappa shape index (κ1) is 26.3. The third-order valence-corrected chi connectivity index (χ3v) is 7.99. The van der Waals surface area contributed by atoms with Crippen LogP contribution in [0.4, 0.5) is 5.13 Å². The number of fused-ring (bicyclic) bond motifs is 1. The smallest absolute Gasteiger partial charge is 0.301 e. The summed E-state index contributed by atoms with van der Waals surface area (Å²) in [7, 11) is 1.53. The summed E-state index contributed by atoms with van der Waals surface area (Å²) in [6.07, 6.45) is 0. The van der Waals surface area contributed by atoms with E-state index in [1.54, 1.807) is 42.5 Å². The van der Waals surface area contributed by atoms with Crippen molar-refractivity contribution < 1.29 is 24.2 Å². The van der Waals surface area contributed by atoms with Crippen molar-refractivity contribution in [3.8, 4) is 11.5 Å². The van der Waals surface area contributed by atoms with Crippen LogP contribution in [0.25, 0.3) is 16.0 Å². The van der Waals surface area contributed by atoms with Gasteiger partial charge in [0.2, 0.25) is 0 Å². The number of aromatic nitrogens is 1. The molecular formula is C33H26N2O5S. The SMILES string of the molecule is COc1cc(C2/C(=C(\O)c3ccccc3)C(=O)C(=O)N2c2nc3ccc(C)cc3s2)ccc1OCc1ccccc1. The van der Waals surface area contributed by atoms with Crippen molar-refractivity contribution in [2.24, 2.45) is 0 Å². The molecule has 0 bridgehead atoms. The number of benzene rings is 4. The average molecular weight is 563 g/mol. The van der Waals surface area contributed by atoms with Gasteiger partial charge in [0.15, 0.2) is 16.6 Å². The van der Waals surface area contributed by atoms with E-state index >= 15 is 0 Å². The maximum atomic E-state index is 13.6. The molecule has 5 aromatic rings. The molecule has 1 aromatic heterocycles. The van der Waals surface area contributed by atoms with Gasteiger partial charge in [-0.1, -0.05) is 84.1 Å². The van der Waals surface area contributed by atoms with Crippen LogP contribution in [0, 0.1) is 6.92 Å². The number of aryl methyl sites for hydroxylation is 1. The molecule has 1 fully saturated rings. The summed E-state index contributed by atoms with van der Waals surface area (Å²) in [5.41, 5.74) is 3.77. The number of carbonyl (C=O) groups is 2. The second kappa shape index (κ2) is 10.9. The molecule has 4 aromatic carbocycles. The van der Waals surface area contributed by atoms with E-state index in [4.69, 9.17) is 14.5 Å². The van der Waals surface area contributed by atoms with Crippen LogP contribution in [0.5, 0.6) is 11.5 Å². The minimum absolute atomic E-state index is 0.0170. The van der Waals surface area contributed by atoms with Gasteiger partial charge in [-0.25, -0.2) is 4.98 Å². The van der Waals surface area contributed by atoms with Crippen molar-refractivity contribution in [1.82, 2.24) is 4.98 Å². The maximum absolute atomic E-state index is 13.6. The second-order valence-corrected chi connectivity index (χ2v) is 10.7. The lowest BCUT2D eigenvalue weighted by molar-refractivity contribution is -0.132. The number of hydrogen-bond acceptors (Lipinski definition) is 7. The van der Waals surface area contributed by atoms with E-state index in [1.165, 1.54) is 23.3 Å². The fourth-order valence-electron chi connectivity index (χ4n) is 4.93. The van der Waals surface area contributed by atoms with Gasteiger partial charge >= 0.3 is 5.91 Å². The Labute approximate surface area is 240 Å². The quantitative estimate of drug-likeness (QED) is 0.133. The van der Waals surface area contributed by atoms with Crippen LogP contribution in [-0.4, -0.2) is 28.9 Å². The third kappa shape index (κ3) is 4.94. The Bertz CT molecular complexity index is 1800. The van der Waals surface area contributed by atoms with Crippen LogP contribution in [0.3, 0.4) is 0 Å². The largest absolute Gasteiger partial charge is 0.507 e. The fourth-order valence-corrected chi connectivity index (χ4v) is 6.02. The highest BCUT2D eigenvalue weighted by molar-refractivity contribution is 7.22. The van der Waals surface area contributed by atoms with E-state index in [0.29, 0.717) is 34.4 Å². The predicted octanol–water partition coefficient (Wildman–Crippen LogP) is 6.82. The molecule has 6 rings (SSSR count). The van der Waals surface area contributed by atoms with E-state index in [-0.39, 0.29) is 11.3 Å². The number of rotatable bonds is 7. The van der Waals surface area contributed by atoms with Crippen molar-refractivity contribution in [3.63, 3.8) is 0 Å². The van der Waals surface area contributed by atoms with Gasteiger partial charge in [-0.05, 0) is 47.9 Å². The van der Waals surface area contributed by atoms with Crippen LogP contribution in [0.2, 0.25) is 0 Å². The van der Waals surface area contributed by atoms with E-state index < -0.39 is 17.7 Å². The molecule has 0 radical (unpaired) electrons. The summed E-state index contributed by atoms with van der Waals surface area (Å²) in [5.74, 6) is -0.849. The number of aliphatic hydroxyl groups is 1. The van der Waals surface area contributed by atoms with Gasteiger partial charge in [0.05, 0.1) is 28.9 Å². The van der Waals surface area contributed by atoms with Gasteiger partial charge in [0.1, 0.15) is 12.4 Å². The minimum Gasteiger partial charge on any atom is -0.507 e. The Morgan fingerprint density at radius 2 is 1.66 bits per heavy atom. The number of methoxy groups -OCH3 is 1. The molecule has 1 unspecified atom stereocenters. The Hall–Kier alpha value is -4.95. The highest BCUT2D eigenvalue weighted by atomic mass is 32.1. The van der Waals surface area contributed by atoms with Crippen molar-refractivity contribution in [3.05, 3.63) is 125 Å². The number of nitrogens with zero attached hydrogens (tertiary/aromatic N) is 2. The van der Waals surface area contributed by atoms with Gasteiger partial charge in [0, 0.05) is 5.56 Å². The Morgan fingerprint density at radius 3 is 2.39 bits per heavy atom. The number of amides is 1. The standard InChI is InChI=1S/C33H26N2O5S/c1-20-13-15-24-27(17-20)41-33(34-24)35-29(28(31(37)32(35)38)30(36)22-11-7-4-8-12-22)23-14-16-25(26(18-23)39-2)40-19-21-9-5-3-6-10-21/h3-18,29,36H,19H2,1-2H3/b30-28+. The molecule has 1 saturated heterocycles. The minimum atomic E-state index is -0.936. The zero-order chi connectivity index (χ0) is 28.5. The Morgan fingerprint density at radius 1 is 0.927 bits per heavy atom. The van der Waals surface area contributed by atoms with Gasteiger partial charge in [0.25, 0.3) is 5.78 Å².